The molecule has 0 N–H and O–H groups in total. The highest BCUT2D eigenvalue weighted by Gasteiger charge is 2.28. The molecular formula is C20H23NO4. The van der Waals surface area contributed by atoms with Gasteiger partial charge in [-0.3, -0.25) is 4.79 Å². The van der Waals surface area contributed by atoms with Gasteiger partial charge in [-0.15, -0.1) is 0 Å². The van der Waals surface area contributed by atoms with Crippen LogP contribution >= 0.6 is 0 Å². The van der Waals surface area contributed by atoms with Gasteiger partial charge in [-0.1, -0.05) is 25.1 Å². The van der Waals surface area contributed by atoms with E-state index in [2.05, 4.69) is 6.92 Å². The molecule has 132 valence electrons. The van der Waals surface area contributed by atoms with Crippen molar-refractivity contribution in [1.29, 1.82) is 0 Å². The second-order valence-electron chi connectivity index (χ2n) is 5.99. The molecule has 1 unspecified atom stereocenters. The Labute approximate surface area is 148 Å². The third-order valence-electron chi connectivity index (χ3n) is 4.40. The van der Waals surface area contributed by atoms with Crippen molar-refractivity contribution in [3.8, 4) is 17.2 Å². The topological polar surface area (TPSA) is 48.0 Å². The molecule has 0 spiro atoms. The maximum absolute atomic E-state index is 12.9. The lowest BCUT2D eigenvalue weighted by molar-refractivity contribution is -0.118. The number of methoxy groups -OCH3 is 2. The van der Waals surface area contributed by atoms with Gasteiger partial charge in [0.2, 0.25) is 5.91 Å². The zero-order valence-corrected chi connectivity index (χ0v) is 14.8. The zero-order valence-electron chi connectivity index (χ0n) is 14.8. The van der Waals surface area contributed by atoms with Crippen LogP contribution in [0.5, 0.6) is 17.2 Å². The molecule has 0 aromatic heterocycles. The zero-order chi connectivity index (χ0) is 17.8. The van der Waals surface area contributed by atoms with Crippen LogP contribution in [0.25, 0.3) is 0 Å². The molecular weight excluding hydrogens is 318 g/mol. The SMILES string of the molecule is CCC1CN(C(=O)Cc2ccc(OC)c(OC)c2)c2ccccc2O1. The monoisotopic (exact) mass is 341 g/mol. The summed E-state index contributed by atoms with van der Waals surface area (Å²) >= 11 is 0. The van der Waals surface area contributed by atoms with E-state index in [1.165, 1.54) is 0 Å². The highest BCUT2D eigenvalue weighted by Crippen LogP contribution is 2.34. The molecule has 2 aromatic carbocycles. The van der Waals surface area contributed by atoms with E-state index < -0.39 is 0 Å². The number of ether oxygens (including phenoxy) is 3. The molecule has 3 rings (SSSR count). The van der Waals surface area contributed by atoms with Crippen LogP contribution < -0.4 is 19.1 Å². The Bertz CT molecular complexity index is 759. The number of anilines is 1. The molecule has 0 fully saturated rings. The van der Waals surface area contributed by atoms with Crippen molar-refractivity contribution in [3.05, 3.63) is 48.0 Å². The van der Waals surface area contributed by atoms with Gasteiger partial charge in [-0.25, -0.2) is 0 Å². The van der Waals surface area contributed by atoms with Gasteiger partial charge in [-0.05, 0) is 36.2 Å². The van der Waals surface area contributed by atoms with E-state index >= 15 is 0 Å². The number of hydrogen-bond acceptors (Lipinski definition) is 4. The van der Waals surface area contributed by atoms with Gasteiger partial charge in [0, 0.05) is 0 Å². The van der Waals surface area contributed by atoms with Gasteiger partial charge in [0.1, 0.15) is 11.9 Å². The Morgan fingerprint density at radius 3 is 2.64 bits per heavy atom. The summed E-state index contributed by atoms with van der Waals surface area (Å²) in [4.78, 5) is 14.8. The van der Waals surface area contributed by atoms with E-state index in [0.717, 1.165) is 23.4 Å². The Hall–Kier alpha value is -2.69. The van der Waals surface area contributed by atoms with E-state index in [0.29, 0.717) is 24.5 Å². The molecule has 5 heteroatoms. The van der Waals surface area contributed by atoms with Crippen LogP contribution in [0, 0.1) is 0 Å². The molecule has 0 bridgehead atoms. The maximum Gasteiger partial charge on any atom is 0.231 e. The molecule has 25 heavy (non-hydrogen) atoms. The third-order valence-corrected chi connectivity index (χ3v) is 4.40. The van der Waals surface area contributed by atoms with Crippen molar-refractivity contribution in [2.75, 3.05) is 25.7 Å². The molecule has 1 heterocycles. The van der Waals surface area contributed by atoms with Gasteiger partial charge in [0.05, 0.1) is 32.9 Å². The predicted octanol–water partition coefficient (Wildman–Crippen LogP) is 3.45. The fourth-order valence-corrected chi connectivity index (χ4v) is 3.01. The van der Waals surface area contributed by atoms with Crippen LogP contribution in [-0.2, 0) is 11.2 Å². The number of hydrogen-bond donors (Lipinski definition) is 0. The summed E-state index contributed by atoms with van der Waals surface area (Å²) in [6.45, 7) is 2.63. The van der Waals surface area contributed by atoms with E-state index in [-0.39, 0.29) is 12.0 Å². The molecule has 1 aliphatic heterocycles. The second kappa shape index (κ2) is 7.47. The number of nitrogens with zero attached hydrogens (tertiary/aromatic N) is 1. The molecule has 2 aromatic rings. The van der Waals surface area contributed by atoms with Crippen molar-refractivity contribution >= 4 is 11.6 Å². The van der Waals surface area contributed by atoms with Crippen LogP contribution in [0.2, 0.25) is 0 Å². The summed E-state index contributed by atoms with van der Waals surface area (Å²) in [6.07, 6.45) is 1.17. The molecule has 0 saturated heterocycles. The van der Waals surface area contributed by atoms with E-state index in [1.807, 2.05) is 47.4 Å². The van der Waals surface area contributed by atoms with Crippen molar-refractivity contribution in [3.63, 3.8) is 0 Å². The summed E-state index contributed by atoms with van der Waals surface area (Å²) in [5, 5.41) is 0. The average Bonchev–Trinajstić information content (AvgIpc) is 2.66. The standard InChI is InChI=1S/C20H23NO4/c1-4-15-13-21(16-7-5-6-8-17(16)25-15)20(22)12-14-9-10-18(23-2)19(11-14)24-3/h5-11,15H,4,12-13H2,1-3H3. The third kappa shape index (κ3) is 3.55. The Kier molecular flexibility index (Phi) is 5.12. The minimum Gasteiger partial charge on any atom is -0.493 e. The largest absolute Gasteiger partial charge is 0.493 e. The number of para-hydroxylation sites is 2. The fraction of sp³-hybridized carbons (Fsp3) is 0.350. The smallest absolute Gasteiger partial charge is 0.231 e. The van der Waals surface area contributed by atoms with E-state index in [1.54, 1.807) is 14.2 Å². The van der Waals surface area contributed by atoms with Crippen LogP contribution in [0.4, 0.5) is 5.69 Å². The van der Waals surface area contributed by atoms with E-state index in [9.17, 15) is 4.79 Å². The number of benzene rings is 2. The van der Waals surface area contributed by atoms with Gasteiger partial charge in [0.15, 0.2) is 11.5 Å². The second-order valence-corrected chi connectivity index (χ2v) is 5.99. The Morgan fingerprint density at radius 2 is 1.92 bits per heavy atom. The number of amides is 1. The number of rotatable bonds is 5. The van der Waals surface area contributed by atoms with Gasteiger partial charge < -0.3 is 19.1 Å². The van der Waals surface area contributed by atoms with Crippen LogP contribution in [0.15, 0.2) is 42.5 Å². The minimum absolute atomic E-state index is 0.0178. The van der Waals surface area contributed by atoms with Crippen LogP contribution in [0.3, 0.4) is 0 Å². The quantitative estimate of drug-likeness (QED) is 0.836. The molecule has 1 aliphatic rings. The van der Waals surface area contributed by atoms with Crippen molar-refractivity contribution in [2.24, 2.45) is 0 Å². The first-order valence-electron chi connectivity index (χ1n) is 8.43. The first kappa shape index (κ1) is 17.1. The summed E-state index contributed by atoms with van der Waals surface area (Å²) in [7, 11) is 3.19. The molecule has 0 radical (unpaired) electrons. The van der Waals surface area contributed by atoms with Crippen molar-refractivity contribution < 1.29 is 19.0 Å². The fourth-order valence-electron chi connectivity index (χ4n) is 3.01. The van der Waals surface area contributed by atoms with Crippen molar-refractivity contribution in [1.82, 2.24) is 0 Å². The number of fused-ring (bicyclic) bond motifs is 1. The van der Waals surface area contributed by atoms with E-state index in [4.69, 9.17) is 14.2 Å². The molecule has 0 saturated carbocycles. The Balaban J connectivity index is 1.83. The summed E-state index contributed by atoms with van der Waals surface area (Å²) in [5.74, 6) is 2.09. The lowest BCUT2D eigenvalue weighted by Crippen LogP contribution is -2.44. The van der Waals surface area contributed by atoms with Crippen molar-refractivity contribution in [2.45, 2.75) is 25.9 Å². The Morgan fingerprint density at radius 1 is 1.16 bits per heavy atom. The highest BCUT2D eigenvalue weighted by molar-refractivity contribution is 5.96. The normalized spacial score (nSPS) is 16.0. The van der Waals surface area contributed by atoms with Gasteiger partial charge >= 0.3 is 0 Å². The minimum atomic E-state index is 0.0178. The molecule has 1 atom stereocenters. The first-order valence-corrected chi connectivity index (χ1v) is 8.43. The average molecular weight is 341 g/mol. The van der Waals surface area contributed by atoms with Gasteiger partial charge in [0.25, 0.3) is 0 Å². The highest BCUT2D eigenvalue weighted by atomic mass is 16.5. The molecule has 0 aliphatic carbocycles. The number of carbonyl (C=O) groups excluding carboxylic acids is 1. The summed E-state index contributed by atoms with van der Waals surface area (Å²) < 4.78 is 16.5. The lowest BCUT2D eigenvalue weighted by Gasteiger charge is -2.34. The predicted molar refractivity (Wildman–Crippen MR) is 96.8 cm³/mol. The van der Waals surface area contributed by atoms with Crippen LogP contribution in [0.1, 0.15) is 18.9 Å². The maximum atomic E-state index is 12.9. The molecule has 5 nitrogen and oxygen atoms in total. The summed E-state index contributed by atoms with van der Waals surface area (Å²) in [6, 6.07) is 13.2. The molecule has 1 amide bonds. The first-order chi connectivity index (χ1) is 12.2. The van der Waals surface area contributed by atoms with Crippen LogP contribution in [-0.4, -0.2) is 32.8 Å². The lowest BCUT2D eigenvalue weighted by atomic mass is 10.1. The van der Waals surface area contributed by atoms with Gasteiger partial charge in [-0.2, -0.15) is 0 Å². The summed E-state index contributed by atoms with van der Waals surface area (Å²) in [5.41, 5.74) is 1.72. The number of carbonyl (C=O) groups is 1.